The zero-order valence-corrected chi connectivity index (χ0v) is 13.3. The SMILES string of the molecule is CCCOc1ccc(NC(=O)c2ccc([N+](=O)[O-])cc2[N+](=O)[O-])cc1. The Bertz CT molecular complexity index is 804. The van der Waals surface area contributed by atoms with Gasteiger partial charge in [-0.1, -0.05) is 6.92 Å². The van der Waals surface area contributed by atoms with Crippen LogP contribution in [0.25, 0.3) is 0 Å². The molecular formula is C16H15N3O6. The van der Waals surface area contributed by atoms with Crippen LogP contribution in [0.5, 0.6) is 5.75 Å². The summed E-state index contributed by atoms with van der Waals surface area (Å²) >= 11 is 0. The summed E-state index contributed by atoms with van der Waals surface area (Å²) in [6.07, 6.45) is 0.863. The summed E-state index contributed by atoms with van der Waals surface area (Å²) in [5, 5.41) is 24.3. The monoisotopic (exact) mass is 345 g/mol. The van der Waals surface area contributed by atoms with E-state index in [9.17, 15) is 25.0 Å². The molecule has 0 heterocycles. The Morgan fingerprint density at radius 3 is 2.32 bits per heavy atom. The maximum atomic E-state index is 12.3. The van der Waals surface area contributed by atoms with Gasteiger partial charge in [-0.15, -0.1) is 0 Å². The number of hydrogen-bond donors (Lipinski definition) is 1. The number of carbonyl (C=O) groups excluding carboxylic acids is 1. The largest absolute Gasteiger partial charge is 0.494 e. The Labute approximate surface area is 142 Å². The van der Waals surface area contributed by atoms with Crippen molar-refractivity contribution in [3.05, 3.63) is 68.3 Å². The van der Waals surface area contributed by atoms with Gasteiger partial charge in [0, 0.05) is 11.8 Å². The molecule has 2 aromatic rings. The fraction of sp³-hybridized carbons (Fsp3) is 0.188. The molecule has 0 aromatic heterocycles. The number of nitrogens with one attached hydrogen (secondary N) is 1. The molecule has 0 aliphatic carbocycles. The van der Waals surface area contributed by atoms with Gasteiger partial charge in [0.1, 0.15) is 11.3 Å². The Hall–Kier alpha value is -3.49. The first-order chi connectivity index (χ1) is 11.9. The molecule has 0 unspecified atom stereocenters. The number of non-ortho nitro benzene ring substituents is 1. The summed E-state index contributed by atoms with van der Waals surface area (Å²) in [5.41, 5.74) is -0.932. The van der Waals surface area contributed by atoms with Crippen molar-refractivity contribution in [2.45, 2.75) is 13.3 Å². The number of carbonyl (C=O) groups is 1. The maximum Gasteiger partial charge on any atom is 0.289 e. The van der Waals surface area contributed by atoms with E-state index in [1.807, 2.05) is 6.92 Å². The van der Waals surface area contributed by atoms with E-state index in [4.69, 9.17) is 4.74 Å². The number of anilines is 1. The van der Waals surface area contributed by atoms with E-state index in [0.29, 0.717) is 18.0 Å². The van der Waals surface area contributed by atoms with Crippen LogP contribution in [0, 0.1) is 20.2 Å². The van der Waals surface area contributed by atoms with Crippen LogP contribution in [0.4, 0.5) is 17.1 Å². The normalized spacial score (nSPS) is 10.1. The van der Waals surface area contributed by atoms with E-state index in [-0.39, 0.29) is 5.56 Å². The van der Waals surface area contributed by atoms with Crippen LogP contribution in [-0.2, 0) is 0 Å². The zero-order chi connectivity index (χ0) is 18.4. The second-order valence-electron chi connectivity index (χ2n) is 5.04. The molecule has 9 nitrogen and oxygen atoms in total. The van der Waals surface area contributed by atoms with Crippen molar-refractivity contribution in [1.29, 1.82) is 0 Å². The van der Waals surface area contributed by atoms with Crippen LogP contribution >= 0.6 is 0 Å². The highest BCUT2D eigenvalue weighted by atomic mass is 16.6. The van der Waals surface area contributed by atoms with Crippen molar-refractivity contribution in [2.75, 3.05) is 11.9 Å². The lowest BCUT2D eigenvalue weighted by atomic mass is 10.1. The lowest BCUT2D eigenvalue weighted by Gasteiger charge is -2.08. The molecule has 0 radical (unpaired) electrons. The Morgan fingerprint density at radius 2 is 1.76 bits per heavy atom. The molecule has 0 spiro atoms. The molecule has 0 aliphatic heterocycles. The molecule has 0 atom stereocenters. The van der Waals surface area contributed by atoms with E-state index >= 15 is 0 Å². The number of nitro benzene ring substituents is 2. The van der Waals surface area contributed by atoms with Crippen LogP contribution in [0.3, 0.4) is 0 Å². The fourth-order valence-electron chi connectivity index (χ4n) is 2.03. The van der Waals surface area contributed by atoms with Gasteiger partial charge in [-0.25, -0.2) is 0 Å². The van der Waals surface area contributed by atoms with Crippen LogP contribution < -0.4 is 10.1 Å². The van der Waals surface area contributed by atoms with Crippen molar-refractivity contribution >= 4 is 23.0 Å². The van der Waals surface area contributed by atoms with Gasteiger partial charge < -0.3 is 10.1 Å². The Balaban J connectivity index is 2.20. The minimum absolute atomic E-state index is 0.262. The predicted octanol–water partition coefficient (Wildman–Crippen LogP) is 3.54. The zero-order valence-electron chi connectivity index (χ0n) is 13.3. The Morgan fingerprint density at radius 1 is 1.08 bits per heavy atom. The lowest BCUT2D eigenvalue weighted by Crippen LogP contribution is -2.14. The third-order valence-corrected chi connectivity index (χ3v) is 3.22. The average molecular weight is 345 g/mol. The highest BCUT2D eigenvalue weighted by Crippen LogP contribution is 2.26. The van der Waals surface area contributed by atoms with Crippen molar-refractivity contribution in [2.24, 2.45) is 0 Å². The topological polar surface area (TPSA) is 125 Å². The smallest absolute Gasteiger partial charge is 0.289 e. The van der Waals surface area contributed by atoms with E-state index in [0.717, 1.165) is 24.6 Å². The number of amides is 1. The summed E-state index contributed by atoms with van der Waals surface area (Å²) in [6, 6.07) is 9.38. The molecule has 0 aliphatic rings. The summed E-state index contributed by atoms with van der Waals surface area (Å²) in [6.45, 7) is 2.55. The van der Waals surface area contributed by atoms with Crippen molar-refractivity contribution in [3.63, 3.8) is 0 Å². The predicted molar refractivity (Wildman–Crippen MR) is 89.9 cm³/mol. The van der Waals surface area contributed by atoms with Gasteiger partial charge >= 0.3 is 0 Å². The van der Waals surface area contributed by atoms with Crippen molar-refractivity contribution in [1.82, 2.24) is 0 Å². The molecule has 25 heavy (non-hydrogen) atoms. The van der Waals surface area contributed by atoms with Gasteiger partial charge in [0.05, 0.1) is 22.5 Å². The summed E-state index contributed by atoms with van der Waals surface area (Å²) in [7, 11) is 0. The number of ether oxygens (including phenoxy) is 1. The van der Waals surface area contributed by atoms with E-state index in [1.165, 1.54) is 0 Å². The molecule has 0 saturated heterocycles. The average Bonchev–Trinajstić information content (AvgIpc) is 2.60. The van der Waals surface area contributed by atoms with E-state index in [1.54, 1.807) is 24.3 Å². The third-order valence-electron chi connectivity index (χ3n) is 3.22. The van der Waals surface area contributed by atoms with Gasteiger partial charge in [0.25, 0.3) is 17.3 Å². The number of nitrogens with zero attached hydrogens (tertiary/aromatic N) is 2. The van der Waals surface area contributed by atoms with Gasteiger partial charge in [0.2, 0.25) is 0 Å². The molecule has 1 amide bonds. The summed E-state index contributed by atoms with van der Waals surface area (Å²) in [5.74, 6) is -0.0926. The first-order valence-corrected chi connectivity index (χ1v) is 7.39. The van der Waals surface area contributed by atoms with Gasteiger partial charge in [0.15, 0.2) is 0 Å². The minimum atomic E-state index is -0.830. The molecule has 2 rings (SSSR count). The molecule has 1 N–H and O–H groups in total. The van der Waals surface area contributed by atoms with E-state index < -0.39 is 27.1 Å². The van der Waals surface area contributed by atoms with Crippen LogP contribution in [0.15, 0.2) is 42.5 Å². The number of rotatable bonds is 7. The van der Waals surface area contributed by atoms with Crippen LogP contribution in [0.1, 0.15) is 23.7 Å². The van der Waals surface area contributed by atoms with Crippen molar-refractivity contribution < 1.29 is 19.4 Å². The molecule has 0 bridgehead atoms. The molecule has 9 heteroatoms. The first-order valence-electron chi connectivity index (χ1n) is 7.39. The van der Waals surface area contributed by atoms with Gasteiger partial charge in [-0.3, -0.25) is 25.0 Å². The van der Waals surface area contributed by atoms with E-state index in [2.05, 4.69) is 5.32 Å². The second-order valence-corrected chi connectivity index (χ2v) is 5.04. The highest BCUT2D eigenvalue weighted by Gasteiger charge is 2.24. The number of hydrogen-bond acceptors (Lipinski definition) is 6. The Kier molecular flexibility index (Phi) is 5.62. The minimum Gasteiger partial charge on any atom is -0.494 e. The molecule has 2 aromatic carbocycles. The summed E-state index contributed by atoms with van der Waals surface area (Å²) in [4.78, 5) is 32.5. The maximum absolute atomic E-state index is 12.3. The molecule has 0 saturated carbocycles. The third kappa shape index (κ3) is 4.50. The fourth-order valence-corrected chi connectivity index (χ4v) is 2.03. The number of benzene rings is 2. The van der Waals surface area contributed by atoms with Gasteiger partial charge in [-0.2, -0.15) is 0 Å². The van der Waals surface area contributed by atoms with Crippen molar-refractivity contribution in [3.8, 4) is 5.75 Å². The van der Waals surface area contributed by atoms with Gasteiger partial charge in [-0.05, 0) is 36.8 Å². The standard InChI is InChI=1S/C16H15N3O6/c1-2-9-25-13-6-3-11(4-7-13)17-16(20)14-8-5-12(18(21)22)10-15(14)19(23)24/h3-8,10H,2,9H2,1H3,(H,17,20). The molecule has 130 valence electrons. The van der Waals surface area contributed by atoms with Crippen LogP contribution in [0.2, 0.25) is 0 Å². The lowest BCUT2D eigenvalue weighted by molar-refractivity contribution is -0.394. The van der Waals surface area contributed by atoms with Crippen LogP contribution in [-0.4, -0.2) is 22.4 Å². The first kappa shape index (κ1) is 17.9. The number of nitro groups is 2. The highest BCUT2D eigenvalue weighted by molar-refractivity contribution is 6.07. The summed E-state index contributed by atoms with van der Waals surface area (Å²) < 4.78 is 5.42. The quantitative estimate of drug-likeness (QED) is 0.604. The molecular weight excluding hydrogens is 330 g/mol. The molecule has 0 fully saturated rings. The second kappa shape index (κ2) is 7.86.